The molecule has 2 rings (SSSR count). The van der Waals surface area contributed by atoms with Gasteiger partial charge in [0.25, 0.3) is 0 Å². The Balaban J connectivity index is 0. The fourth-order valence-electron chi connectivity index (χ4n) is 5.37. The molecule has 0 nitrogen and oxygen atoms in total. The Labute approximate surface area is 194 Å². The van der Waals surface area contributed by atoms with Crippen LogP contribution < -0.4 is 0 Å². The number of rotatable bonds is 8. The topological polar surface area (TPSA) is 0 Å². The largest absolute Gasteiger partial charge is 0.0683 e. The molecular weight excluding hydrogens is 360 g/mol. The van der Waals surface area contributed by atoms with Gasteiger partial charge in [0.1, 0.15) is 0 Å². The molecular formula is C30H64. The van der Waals surface area contributed by atoms with Crippen LogP contribution in [-0.4, -0.2) is 0 Å². The van der Waals surface area contributed by atoms with Gasteiger partial charge in [0.2, 0.25) is 0 Å². The van der Waals surface area contributed by atoms with E-state index in [1.165, 1.54) is 89.9 Å². The van der Waals surface area contributed by atoms with Gasteiger partial charge in [-0.2, -0.15) is 0 Å². The van der Waals surface area contributed by atoms with E-state index in [1.54, 1.807) is 0 Å². The van der Waals surface area contributed by atoms with Gasteiger partial charge in [-0.15, -0.1) is 0 Å². The molecule has 0 spiro atoms. The third-order valence-electron chi connectivity index (χ3n) is 7.93. The van der Waals surface area contributed by atoms with E-state index in [1.807, 2.05) is 27.7 Å². The van der Waals surface area contributed by atoms with E-state index in [0.29, 0.717) is 0 Å². The van der Waals surface area contributed by atoms with Crippen molar-refractivity contribution in [3.05, 3.63) is 0 Å². The molecule has 2 aliphatic rings. The van der Waals surface area contributed by atoms with E-state index in [2.05, 4.69) is 41.5 Å². The van der Waals surface area contributed by atoms with Crippen LogP contribution in [0.5, 0.6) is 0 Å². The predicted molar refractivity (Wildman–Crippen MR) is 142 cm³/mol. The monoisotopic (exact) mass is 425 g/mol. The predicted octanol–water partition coefficient (Wildman–Crippen LogP) is 11.3. The summed E-state index contributed by atoms with van der Waals surface area (Å²) in [6.45, 7) is 22.3. The maximum absolute atomic E-state index is 2.48. The van der Waals surface area contributed by atoms with Crippen molar-refractivity contribution in [2.24, 2.45) is 35.5 Å². The van der Waals surface area contributed by atoms with E-state index in [-0.39, 0.29) is 0 Å². The summed E-state index contributed by atoms with van der Waals surface area (Å²) in [4.78, 5) is 0. The first-order chi connectivity index (χ1) is 14.5. The summed E-state index contributed by atoms with van der Waals surface area (Å²) in [5.74, 6) is 6.03. The molecule has 0 heteroatoms. The standard InChI is InChI=1S/2C13H26.2C2H6/c1-5-11(4)13-8-6-12(7-9-13)10(2)3;1-3-4-6-9-12(2)13-10-7-5-8-11-13;2*1-2/h10-13H,5-9H2,1-4H3;12-13H,3-11H2,1-2H3;2*1-2H3. The van der Waals surface area contributed by atoms with Crippen LogP contribution in [0.15, 0.2) is 0 Å². The first-order valence-corrected chi connectivity index (χ1v) is 14.5. The van der Waals surface area contributed by atoms with Crippen LogP contribution in [0.4, 0.5) is 0 Å². The first kappa shape index (κ1) is 32.2. The van der Waals surface area contributed by atoms with Gasteiger partial charge in [0.05, 0.1) is 0 Å². The fourth-order valence-corrected chi connectivity index (χ4v) is 5.37. The lowest BCUT2D eigenvalue weighted by molar-refractivity contribution is 0.180. The molecule has 0 radical (unpaired) electrons. The average Bonchev–Trinajstić information content (AvgIpc) is 2.82. The van der Waals surface area contributed by atoms with Crippen molar-refractivity contribution in [1.82, 2.24) is 0 Å². The molecule has 2 fully saturated rings. The molecule has 0 saturated heterocycles. The lowest BCUT2D eigenvalue weighted by atomic mass is 9.72. The number of hydrogen-bond acceptors (Lipinski definition) is 0. The molecule has 2 atom stereocenters. The van der Waals surface area contributed by atoms with E-state index in [9.17, 15) is 0 Å². The summed E-state index contributed by atoms with van der Waals surface area (Å²) in [6, 6.07) is 0. The zero-order valence-corrected chi connectivity index (χ0v) is 23.4. The third kappa shape index (κ3) is 14.9. The van der Waals surface area contributed by atoms with E-state index < -0.39 is 0 Å². The van der Waals surface area contributed by atoms with Gasteiger partial charge in [0.15, 0.2) is 0 Å². The highest BCUT2D eigenvalue weighted by molar-refractivity contribution is 4.77. The minimum Gasteiger partial charge on any atom is -0.0683 e. The lowest BCUT2D eigenvalue weighted by Crippen LogP contribution is -2.22. The molecule has 30 heavy (non-hydrogen) atoms. The molecule has 0 N–H and O–H groups in total. The molecule has 0 bridgehead atoms. The van der Waals surface area contributed by atoms with Crippen molar-refractivity contribution in [3.8, 4) is 0 Å². The molecule has 2 aliphatic carbocycles. The van der Waals surface area contributed by atoms with Crippen molar-refractivity contribution in [2.45, 2.75) is 159 Å². The van der Waals surface area contributed by atoms with Gasteiger partial charge in [-0.1, -0.05) is 133 Å². The van der Waals surface area contributed by atoms with Crippen LogP contribution in [0, 0.1) is 35.5 Å². The molecule has 2 unspecified atom stereocenters. The Morgan fingerprint density at radius 2 is 1.03 bits per heavy atom. The maximum Gasteiger partial charge on any atom is -0.0388 e. The van der Waals surface area contributed by atoms with Crippen molar-refractivity contribution in [1.29, 1.82) is 0 Å². The van der Waals surface area contributed by atoms with Gasteiger partial charge in [0, 0.05) is 0 Å². The molecule has 0 heterocycles. The van der Waals surface area contributed by atoms with Gasteiger partial charge in [-0.25, -0.2) is 0 Å². The number of hydrogen-bond donors (Lipinski definition) is 0. The minimum atomic E-state index is 0.915. The molecule has 0 aromatic heterocycles. The minimum absolute atomic E-state index is 0.915. The molecule has 0 aromatic rings. The zero-order valence-electron chi connectivity index (χ0n) is 23.4. The van der Waals surface area contributed by atoms with Crippen LogP contribution in [0.1, 0.15) is 159 Å². The van der Waals surface area contributed by atoms with E-state index in [4.69, 9.17) is 0 Å². The Hall–Kier alpha value is 0. The Kier molecular flexibility index (Phi) is 23.8. The SMILES string of the molecule is CC.CC.CCC(C)C1CCC(C(C)C)CC1.CCCCCC(C)C1CCCCC1. The van der Waals surface area contributed by atoms with Crippen molar-refractivity contribution < 1.29 is 0 Å². The number of unbranched alkanes of at least 4 members (excludes halogenated alkanes) is 2. The Morgan fingerprint density at radius 3 is 1.47 bits per heavy atom. The average molecular weight is 425 g/mol. The normalized spacial score (nSPS) is 23.7. The molecule has 184 valence electrons. The van der Waals surface area contributed by atoms with E-state index in [0.717, 1.165) is 35.5 Å². The van der Waals surface area contributed by atoms with Gasteiger partial charge >= 0.3 is 0 Å². The summed E-state index contributed by atoms with van der Waals surface area (Å²) < 4.78 is 0. The second-order valence-electron chi connectivity index (χ2n) is 10.2. The van der Waals surface area contributed by atoms with Crippen LogP contribution in [0.3, 0.4) is 0 Å². The summed E-state index contributed by atoms with van der Waals surface area (Å²) in [6.07, 6.45) is 20.7. The third-order valence-corrected chi connectivity index (χ3v) is 7.93. The molecule has 0 amide bonds. The summed E-state index contributed by atoms with van der Waals surface area (Å²) in [7, 11) is 0. The van der Waals surface area contributed by atoms with E-state index >= 15 is 0 Å². The quantitative estimate of drug-likeness (QED) is 0.340. The van der Waals surface area contributed by atoms with Crippen molar-refractivity contribution in [3.63, 3.8) is 0 Å². The second-order valence-corrected chi connectivity index (χ2v) is 10.2. The van der Waals surface area contributed by atoms with Crippen molar-refractivity contribution in [2.75, 3.05) is 0 Å². The highest BCUT2D eigenvalue weighted by Gasteiger charge is 2.25. The van der Waals surface area contributed by atoms with Gasteiger partial charge < -0.3 is 0 Å². The van der Waals surface area contributed by atoms with Gasteiger partial charge in [-0.3, -0.25) is 0 Å². The molecule has 2 saturated carbocycles. The smallest absolute Gasteiger partial charge is 0.0388 e. The molecule has 0 aromatic carbocycles. The highest BCUT2D eigenvalue weighted by atomic mass is 14.3. The first-order valence-electron chi connectivity index (χ1n) is 14.5. The Morgan fingerprint density at radius 1 is 0.567 bits per heavy atom. The summed E-state index contributed by atoms with van der Waals surface area (Å²) >= 11 is 0. The fraction of sp³-hybridized carbons (Fsp3) is 1.00. The summed E-state index contributed by atoms with van der Waals surface area (Å²) in [5.41, 5.74) is 0. The van der Waals surface area contributed by atoms with Crippen molar-refractivity contribution >= 4 is 0 Å². The van der Waals surface area contributed by atoms with Crippen LogP contribution in [-0.2, 0) is 0 Å². The van der Waals surface area contributed by atoms with Crippen LogP contribution >= 0.6 is 0 Å². The maximum atomic E-state index is 2.48. The highest BCUT2D eigenvalue weighted by Crippen LogP contribution is 2.37. The molecule has 0 aliphatic heterocycles. The Bertz CT molecular complexity index is 304. The van der Waals surface area contributed by atoms with Crippen LogP contribution in [0.25, 0.3) is 0 Å². The van der Waals surface area contributed by atoms with Gasteiger partial charge in [-0.05, 0) is 61.2 Å². The summed E-state index contributed by atoms with van der Waals surface area (Å²) in [5, 5.41) is 0. The lowest BCUT2D eigenvalue weighted by Gasteiger charge is -2.33. The second kappa shape index (κ2) is 22.2. The zero-order chi connectivity index (χ0) is 23.4. The van der Waals surface area contributed by atoms with Crippen LogP contribution in [0.2, 0.25) is 0 Å².